The molecule has 1 aliphatic rings. The van der Waals surface area contributed by atoms with Crippen LogP contribution in [0.25, 0.3) is 0 Å². The predicted molar refractivity (Wildman–Crippen MR) is 77.3 cm³/mol. The number of aliphatic hydroxyl groups is 2. The largest absolute Gasteiger partial charge is 0.394 e. The highest BCUT2D eigenvalue weighted by atomic mass is 16.7. The second-order valence-electron chi connectivity index (χ2n) is 5.02. The highest BCUT2D eigenvalue weighted by molar-refractivity contribution is 5.94. The fourth-order valence-electron chi connectivity index (χ4n) is 2.55. The zero-order valence-electron chi connectivity index (χ0n) is 12.5. The molecule has 1 saturated heterocycles. The van der Waals surface area contributed by atoms with E-state index in [1.54, 1.807) is 24.3 Å². The Morgan fingerprint density at radius 3 is 2.55 bits per heavy atom. The number of carbonyl (C=O) groups excluding carboxylic acids is 1. The number of aliphatic hydroxyl groups excluding tert-OH is 2. The van der Waals surface area contributed by atoms with Gasteiger partial charge < -0.3 is 29.7 Å². The Hall–Kier alpha value is -1.51. The van der Waals surface area contributed by atoms with Gasteiger partial charge >= 0.3 is 0 Å². The standard InChI is InChI=1S/C15H21NO6/c1-20-13-11(15(21-2)22-12(13)10(18)8-17)16-14(19)9-6-4-3-5-7-9/h3-7,10-13,15,17-18H,8H2,1-2H3,(H,16,19)/t10?,11-,12-,13-,15-/m1/s1. The van der Waals surface area contributed by atoms with E-state index in [9.17, 15) is 9.90 Å². The first-order valence-corrected chi connectivity index (χ1v) is 6.98. The molecular formula is C15H21NO6. The number of carbonyl (C=O) groups is 1. The van der Waals surface area contributed by atoms with E-state index in [1.807, 2.05) is 6.07 Å². The Bertz CT molecular complexity index is 482. The Balaban J connectivity index is 2.14. The molecule has 7 nitrogen and oxygen atoms in total. The highest BCUT2D eigenvalue weighted by Crippen LogP contribution is 2.26. The van der Waals surface area contributed by atoms with Crippen molar-refractivity contribution in [1.29, 1.82) is 0 Å². The van der Waals surface area contributed by atoms with Crippen LogP contribution in [0.3, 0.4) is 0 Å². The van der Waals surface area contributed by atoms with Crippen molar-refractivity contribution in [3.8, 4) is 0 Å². The monoisotopic (exact) mass is 311 g/mol. The van der Waals surface area contributed by atoms with Crippen molar-refractivity contribution in [3.05, 3.63) is 35.9 Å². The van der Waals surface area contributed by atoms with Crippen molar-refractivity contribution in [2.75, 3.05) is 20.8 Å². The molecule has 1 heterocycles. The van der Waals surface area contributed by atoms with Crippen LogP contribution in [0.5, 0.6) is 0 Å². The maximum absolute atomic E-state index is 12.3. The highest BCUT2D eigenvalue weighted by Gasteiger charge is 2.48. The lowest BCUT2D eigenvalue weighted by Gasteiger charge is -2.24. The number of methoxy groups -OCH3 is 2. The van der Waals surface area contributed by atoms with Crippen molar-refractivity contribution in [2.45, 2.75) is 30.6 Å². The molecule has 1 fully saturated rings. The number of hydrogen-bond donors (Lipinski definition) is 3. The van der Waals surface area contributed by atoms with Crippen LogP contribution in [0.1, 0.15) is 10.4 Å². The first kappa shape index (κ1) is 16.9. The van der Waals surface area contributed by atoms with Crippen LogP contribution in [0.2, 0.25) is 0 Å². The van der Waals surface area contributed by atoms with Gasteiger partial charge in [0.25, 0.3) is 5.91 Å². The molecule has 1 unspecified atom stereocenters. The minimum atomic E-state index is -1.12. The van der Waals surface area contributed by atoms with Crippen LogP contribution in [0, 0.1) is 0 Å². The molecule has 122 valence electrons. The zero-order chi connectivity index (χ0) is 16.1. The molecule has 2 rings (SSSR count). The summed E-state index contributed by atoms with van der Waals surface area (Å²) >= 11 is 0. The lowest BCUT2D eigenvalue weighted by molar-refractivity contribution is -0.154. The zero-order valence-corrected chi connectivity index (χ0v) is 12.5. The average molecular weight is 311 g/mol. The van der Waals surface area contributed by atoms with Crippen LogP contribution >= 0.6 is 0 Å². The summed E-state index contributed by atoms with van der Waals surface area (Å²) in [4.78, 5) is 12.3. The van der Waals surface area contributed by atoms with Gasteiger partial charge in [-0.15, -0.1) is 0 Å². The third-order valence-electron chi connectivity index (χ3n) is 3.67. The second kappa shape index (κ2) is 7.66. The van der Waals surface area contributed by atoms with E-state index in [-0.39, 0.29) is 5.91 Å². The summed E-state index contributed by atoms with van der Waals surface area (Å²) in [5, 5.41) is 21.7. The molecule has 0 spiro atoms. The molecule has 0 saturated carbocycles. The Morgan fingerprint density at radius 2 is 2.00 bits per heavy atom. The van der Waals surface area contributed by atoms with Crippen LogP contribution in [-0.2, 0) is 14.2 Å². The lowest BCUT2D eigenvalue weighted by Crippen LogP contribution is -2.50. The lowest BCUT2D eigenvalue weighted by atomic mass is 10.0. The second-order valence-corrected chi connectivity index (χ2v) is 5.02. The predicted octanol–water partition coefficient (Wildman–Crippen LogP) is -0.475. The molecule has 1 aromatic carbocycles. The molecular weight excluding hydrogens is 290 g/mol. The smallest absolute Gasteiger partial charge is 0.251 e. The van der Waals surface area contributed by atoms with E-state index in [1.165, 1.54) is 14.2 Å². The average Bonchev–Trinajstić information content (AvgIpc) is 2.92. The van der Waals surface area contributed by atoms with E-state index < -0.39 is 37.3 Å². The molecule has 0 radical (unpaired) electrons. The number of ether oxygens (including phenoxy) is 3. The summed E-state index contributed by atoms with van der Waals surface area (Å²) in [5.41, 5.74) is 0.498. The molecule has 1 aromatic rings. The molecule has 7 heteroatoms. The molecule has 22 heavy (non-hydrogen) atoms. The third kappa shape index (κ3) is 3.45. The third-order valence-corrected chi connectivity index (χ3v) is 3.67. The Morgan fingerprint density at radius 1 is 1.32 bits per heavy atom. The van der Waals surface area contributed by atoms with Gasteiger partial charge in [0.2, 0.25) is 0 Å². The number of rotatable bonds is 6. The van der Waals surface area contributed by atoms with Gasteiger partial charge in [-0.2, -0.15) is 0 Å². The van der Waals surface area contributed by atoms with Crippen molar-refractivity contribution < 1.29 is 29.2 Å². The summed E-state index contributed by atoms with van der Waals surface area (Å²) in [6.07, 6.45) is -3.33. The maximum atomic E-state index is 12.3. The quantitative estimate of drug-likeness (QED) is 0.657. The minimum absolute atomic E-state index is 0.294. The fraction of sp³-hybridized carbons (Fsp3) is 0.533. The topological polar surface area (TPSA) is 97.2 Å². The molecule has 0 aromatic heterocycles. The SMILES string of the molecule is CO[C@@H]1O[C@H](C(O)CO)[C@H](OC)[C@H]1NC(=O)c1ccccc1. The molecule has 1 amide bonds. The Labute approximate surface area is 128 Å². The van der Waals surface area contributed by atoms with Gasteiger partial charge in [-0.05, 0) is 12.1 Å². The molecule has 5 atom stereocenters. The number of benzene rings is 1. The Kier molecular flexibility index (Phi) is 5.87. The fourth-order valence-corrected chi connectivity index (χ4v) is 2.55. The van der Waals surface area contributed by atoms with Gasteiger partial charge in [0.05, 0.1) is 6.61 Å². The summed E-state index contributed by atoms with van der Waals surface area (Å²) in [6, 6.07) is 8.12. The van der Waals surface area contributed by atoms with Crippen LogP contribution in [-0.4, -0.2) is 67.6 Å². The van der Waals surface area contributed by atoms with Crippen LogP contribution in [0.4, 0.5) is 0 Å². The van der Waals surface area contributed by atoms with Crippen molar-refractivity contribution in [3.63, 3.8) is 0 Å². The summed E-state index contributed by atoms with van der Waals surface area (Å²) in [5.74, 6) is -0.294. The molecule has 0 aliphatic carbocycles. The minimum Gasteiger partial charge on any atom is -0.394 e. The molecule has 1 aliphatic heterocycles. The number of nitrogens with one attached hydrogen (secondary N) is 1. The van der Waals surface area contributed by atoms with Gasteiger partial charge in [-0.3, -0.25) is 4.79 Å². The van der Waals surface area contributed by atoms with Crippen molar-refractivity contribution >= 4 is 5.91 Å². The first-order valence-electron chi connectivity index (χ1n) is 6.98. The summed E-state index contributed by atoms with van der Waals surface area (Å²) in [7, 11) is 2.89. The normalized spacial score (nSPS) is 29.3. The van der Waals surface area contributed by atoms with E-state index in [0.717, 1.165) is 0 Å². The van der Waals surface area contributed by atoms with Gasteiger partial charge in [0, 0.05) is 19.8 Å². The van der Waals surface area contributed by atoms with E-state index in [0.29, 0.717) is 5.56 Å². The molecule has 3 N–H and O–H groups in total. The van der Waals surface area contributed by atoms with Gasteiger partial charge in [-0.1, -0.05) is 18.2 Å². The van der Waals surface area contributed by atoms with E-state index in [2.05, 4.69) is 5.32 Å². The van der Waals surface area contributed by atoms with Gasteiger partial charge in [-0.25, -0.2) is 0 Å². The van der Waals surface area contributed by atoms with Crippen LogP contribution < -0.4 is 5.32 Å². The first-order chi connectivity index (χ1) is 10.6. The van der Waals surface area contributed by atoms with Gasteiger partial charge in [0.15, 0.2) is 6.29 Å². The molecule has 0 bridgehead atoms. The summed E-state index contributed by atoms with van der Waals surface area (Å²) in [6.45, 7) is -0.472. The van der Waals surface area contributed by atoms with E-state index >= 15 is 0 Å². The van der Waals surface area contributed by atoms with Crippen molar-refractivity contribution in [2.24, 2.45) is 0 Å². The number of hydrogen-bond acceptors (Lipinski definition) is 6. The summed E-state index contributed by atoms with van der Waals surface area (Å²) < 4.78 is 16.1. The number of amides is 1. The van der Waals surface area contributed by atoms with Crippen LogP contribution in [0.15, 0.2) is 30.3 Å². The van der Waals surface area contributed by atoms with Crippen molar-refractivity contribution in [1.82, 2.24) is 5.32 Å². The van der Waals surface area contributed by atoms with Gasteiger partial charge in [0.1, 0.15) is 24.4 Å². The van der Waals surface area contributed by atoms with E-state index in [4.69, 9.17) is 19.3 Å². The maximum Gasteiger partial charge on any atom is 0.251 e.